The van der Waals surface area contributed by atoms with E-state index in [1.807, 2.05) is 0 Å². The molecule has 0 saturated heterocycles. The Labute approximate surface area is 177 Å². The third-order valence-electron chi connectivity index (χ3n) is 6.55. The maximum absolute atomic E-state index is 2.50. The zero-order valence-corrected chi connectivity index (χ0v) is 18.2. The summed E-state index contributed by atoms with van der Waals surface area (Å²) in [6.07, 6.45) is 7.36. The van der Waals surface area contributed by atoms with E-state index >= 15 is 0 Å². The Balaban J connectivity index is 1.70. The SMILES string of the molecule is CCCCCc1ccc2c(c1)CC(c1ccc(C(C)C)cc1)Cc1ccccc1-2. The van der Waals surface area contributed by atoms with E-state index in [1.54, 1.807) is 0 Å². The van der Waals surface area contributed by atoms with Gasteiger partial charge in [-0.2, -0.15) is 0 Å². The van der Waals surface area contributed by atoms with Crippen molar-refractivity contribution in [3.63, 3.8) is 0 Å². The molecule has 1 aliphatic carbocycles. The molecule has 0 N–H and O–H groups in total. The lowest BCUT2D eigenvalue weighted by molar-refractivity contribution is 0.685. The highest BCUT2D eigenvalue weighted by Crippen LogP contribution is 2.38. The van der Waals surface area contributed by atoms with Crippen molar-refractivity contribution in [2.45, 2.75) is 71.1 Å². The van der Waals surface area contributed by atoms with Crippen LogP contribution in [0.5, 0.6) is 0 Å². The first-order valence-corrected chi connectivity index (χ1v) is 11.5. The van der Waals surface area contributed by atoms with Crippen LogP contribution in [-0.4, -0.2) is 0 Å². The van der Waals surface area contributed by atoms with Crippen LogP contribution in [0.15, 0.2) is 66.7 Å². The van der Waals surface area contributed by atoms with Crippen LogP contribution in [0.3, 0.4) is 0 Å². The van der Waals surface area contributed by atoms with Gasteiger partial charge in [-0.3, -0.25) is 0 Å². The van der Waals surface area contributed by atoms with Gasteiger partial charge in [-0.1, -0.05) is 100 Å². The van der Waals surface area contributed by atoms with Gasteiger partial charge in [0.2, 0.25) is 0 Å². The van der Waals surface area contributed by atoms with Crippen LogP contribution in [0.4, 0.5) is 0 Å². The second-order valence-corrected chi connectivity index (χ2v) is 9.03. The molecule has 0 fully saturated rings. The van der Waals surface area contributed by atoms with Crippen molar-refractivity contribution in [2.24, 2.45) is 0 Å². The van der Waals surface area contributed by atoms with E-state index in [2.05, 4.69) is 87.5 Å². The summed E-state index contributed by atoms with van der Waals surface area (Å²) in [5, 5.41) is 0. The summed E-state index contributed by atoms with van der Waals surface area (Å²) in [6, 6.07) is 25.7. The number of rotatable bonds is 6. The van der Waals surface area contributed by atoms with Crippen LogP contribution < -0.4 is 0 Å². The normalized spacial score (nSPS) is 15.7. The minimum Gasteiger partial charge on any atom is -0.0654 e. The van der Waals surface area contributed by atoms with Crippen LogP contribution >= 0.6 is 0 Å². The molecule has 29 heavy (non-hydrogen) atoms. The molecule has 0 radical (unpaired) electrons. The Morgan fingerprint density at radius 3 is 2.28 bits per heavy atom. The molecular formula is C29H34. The van der Waals surface area contributed by atoms with Gasteiger partial charge in [-0.25, -0.2) is 0 Å². The van der Waals surface area contributed by atoms with Crippen LogP contribution in [-0.2, 0) is 19.3 Å². The zero-order valence-electron chi connectivity index (χ0n) is 18.2. The van der Waals surface area contributed by atoms with E-state index in [0.29, 0.717) is 11.8 Å². The van der Waals surface area contributed by atoms with Crippen LogP contribution in [0.2, 0.25) is 0 Å². The lowest BCUT2D eigenvalue weighted by atomic mass is 9.87. The van der Waals surface area contributed by atoms with Crippen molar-refractivity contribution in [1.29, 1.82) is 0 Å². The average Bonchev–Trinajstić information content (AvgIpc) is 2.90. The van der Waals surface area contributed by atoms with Crippen molar-refractivity contribution < 1.29 is 0 Å². The predicted molar refractivity (Wildman–Crippen MR) is 126 cm³/mol. The zero-order chi connectivity index (χ0) is 20.2. The van der Waals surface area contributed by atoms with Gasteiger partial charge < -0.3 is 0 Å². The van der Waals surface area contributed by atoms with Crippen molar-refractivity contribution in [1.82, 2.24) is 0 Å². The Hall–Kier alpha value is -2.34. The summed E-state index contributed by atoms with van der Waals surface area (Å²) < 4.78 is 0. The third-order valence-corrected chi connectivity index (χ3v) is 6.55. The molecule has 0 aromatic heterocycles. The summed E-state index contributed by atoms with van der Waals surface area (Å²) in [4.78, 5) is 0. The average molecular weight is 383 g/mol. The molecule has 0 saturated carbocycles. The molecule has 150 valence electrons. The summed E-state index contributed by atoms with van der Waals surface area (Å²) in [5.74, 6) is 1.13. The van der Waals surface area contributed by atoms with E-state index in [4.69, 9.17) is 0 Å². The number of unbranched alkanes of at least 4 members (excludes halogenated alkanes) is 2. The van der Waals surface area contributed by atoms with Gasteiger partial charge in [0, 0.05) is 0 Å². The summed E-state index contributed by atoms with van der Waals surface area (Å²) in [7, 11) is 0. The van der Waals surface area contributed by atoms with Gasteiger partial charge in [-0.05, 0) is 76.5 Å². The highest BCUT2D eigenvalue weighted by atomic mass is 14.3. The fraction of sp³-hybridized carbons (Fsp3) is 0.379. The Morgan fingerprint density at radius 1 is 0.793 bits per heavy atom. The third kappa shape index (κ3) is 4.47. The number of aryl methyl sites for hydroxylation is 1. The van der Waals surface area contributed by atoms with Gasteiger partial charge in [0.15, 0.2) is 0 Å². The Morgan fingerprint density at radius 2 is 1.52 bits per heavy atom. The molecule has 0 spiro atoms. The highest BCUT2D eigenvalue weighted by molar-refractivity contribution is 5.72. The largest absolute Gasteiger partial charge is 0.0654 e. The molecule has 1 aliphatic rings. The van der Waals surface area contributed by atoms with Crippen molar-refractivity contribution in [2.75, 3.05) is 0 Å². The van der Waals surface area contributed by atoms with Gasteiger partial charge in [0.1, 0.15) is 0 Å². The van der Waals surface area contributed by atoms with E-state index in [-0.39, 0.29) is 0 Å². The minimum atomic E-state index is 0.546. The first-order valence-electron chi connectivity index (χ1n) is 11.5. The molecule has 3 aromatic rings. The van der Waals surface area contributed by atoms with E-state index in [1.165, 1.54) is 64.6 Å². The monoisotopic (exact) mass is 382 g/mol. The maximum Gasteiger partial charge on any atom is -0.00806 e. The van der Waals surface area contributed by atoms with Crippen LogP contribution in [0, 0.1) is 0 Å². The smallest absolute Gasteiger partial charge is 0.00806 e. The Bertz CT molecular complexity index is 946. The van der Waals surface area contributed by atoms with Gasteiger partial charge >= 0.3 is 0 Å². The lowest BCUT2D eigenvalue weighted by Gasteiger charge is -2.17. The van der Waals surface area contributed by atoms with Crippen molar-refractivity contribution >= 4 is 0 Å². The number of hydrogen-bond donors (Lipinski definition) is 0. The standard InChI is InChI=1S/C29H34/c1-4-5-6-9-22-12-17-29-27(18-22)20-26(19-25-10-7-8-11-28(25)29)24-15-13-23(14-16-24)21(2)3/h7-8,10-18,21,26H,4-6,9,19-20H2,1-3H3. The molecule has 0 amide bonds. The maximum atomic E-state index is 2.50. The molecule has 0 heterocycles. The molecule has 0 heteroatoms. The number of benzene rings is 3. The van der Waals surface area contributed by atoms with Crippen molar-refractivity contribution in [3.05, 3.63) is 94.5 Å². The van der Waals surface area contributed by atoms with Crippen LogP contribution in [0.25, 0.3) is 11.1 Å². The predicted octanol–water partition coefficient (Wildman–Crippen LogP) is 8.09. The fourth-order valence-electron chi connectivity index (χ4n) is 4.77. The van der Waals surface area contributed by atoms with Crippen LogP contribution in [0.1, 0.15) is 79.7 Å². The number of fused-ring (bicyclic) bond motifs is 3. The van der Waals surface area contributed by atoms with Gasteiger partial charge in [0.25, 0.3) is 0 Å². The summed E-state index contributed by atoms with van der Waals surface area (Å²) in [6.45, 7) is 6.82. The molecule has 4 rings (SSSR count). The van der Waals surface area contributed by atoms with Gasteiger partial charge in [0.05, 0.1) is 0 Å². The first kappa shape index (κ1) is 20.0. The number of hydrogen-bond acceptors (Lipinski definition) is 0. The van der Waals surface area contributed by atoms with E-state index in [0.717, 1.165) is 12.8 Å². The molecule has 0 aliphatic heterocycles. The minimum absolute atomic E-state index is 0.546. The molecule has 0 nitrogen and oxygen atoms in total. The second kappa shape index (κ2) is 8.99. The highest BCUT2D eigenvalue weighted by Gasteiger charge is 2.22. The topological polar surface area (TPSA) is 0 Å². The Kier molecular flexibility index (Phi) is 6.19. The summed E-state index contributed by atoms with van der Waals surface area (Å²) in [5.41, 5.74) is 10.3. The summed E-state index contributed by atoms with van der Waals surface area (Å²) >= 11 is 0. The van der Waals surface area contributed by atoms with Crippen molar-refractivity contribution in [3.8, 4) is 11.1 Å². The quantitative estimate of drug-likeness (QED) is 0.378. The fourth-order valence-corrected chi connectivity index (χ4v) is 4.77. The molecule has 3 aromatic carbocycles. The molecule has 1 atom stereocenters. The van der Waals surface area contributed by atoms with E-state index in [9.17, 15) is 0 Å². The second-order valence-electron chi connectivity index (χ2n) is 9.03. The lowest BCUT2D eigenvalue weighted by Crippen LogP contribution is -2.06. The van der Waals surface area contributed by atoms with E-state index < -0.39 is 0 Å². The van der Waals surface area contributed by atoms with Gasteiger partial charge in [-0.15, -0.1) is 0 Å². The molecule has 0 bridgehead atoms. The first-order chi connectivity index (χ1) is 14.2. The molecular weight excluding hydrogens is 348 g/mol. The molecule has 1 unspecified atom stereocenters.